The molecular formula is C12H27NOS. The molecule has 0 aromatic carbocycles. The van der Waals surface area contributed by atoms with Gasteiger partial charge in [-0.25, -0.2) is 0 Å². The van der Waals surface area contributed by atoms with Gasteiger partial charge >= 0.3 is 0 Å². The first-order chi connectivity index (χ1) is 7.20. The molecule has 92 valence electrons. The molecule has 0 saturated carbocycles. The highest BCUT2D eigenvalue weighted by molar-refractivity contribution is 7.99. The second-order valence-corrected chi connectivity index (χ2v) is 5.74. The Kier molecular flexibility index (Phi) is 11.0. The molecule has 2 N–H and O–H groups in total. The fraction of sp³-hybridized carbons (Fsp3) is 1.00. The van der Waals surface area contributed by atoms with Gasteiger partial charge in [-0.05, 0) is 44.9 Å². The van der Waals surface area contributed by atoms with E-state index in [4.69, 9.17) is 5.11 Å². The lowest BCUT2D eigenvalue weighted by molar-refractivity contribution is 0.289. The normalized spacial score (nSPS) is 15.2. The highest BCUT2D eigenvalue weighted by atomic mass is 32.2. The number of nitrogens with one attached hydrogen (secondary N) is 1. The van der Waals surface area contributed by atoms with Crippen molar-refractivity contribution < 1.29 is 5.11 Å². The number of thioether (sulfide) groups is 1. The third-order valence-corrected chi connectivity index (χ3v) is 3.79. The van der Waals surface area contributed by atoms with Crippen LogP contribution >= 0.6 is 11.8 Å². The Morgan fingerprint density at radius 2 is 2.00 bits per heavy atom. The third-order valence-electron chi connectivity index (χ3n) is 2.46. The van der Waals surface area contributed by atoms with Crippen LogP contribution < -0.4 is 5.32 Å². The largest absolute Gasteiger partial charge is 0.396 e. The zero-order valence-corrected chi connectivity index (χ0v) is 11.3. The maximum Gasteiger partial charge on any atom is 0.0441 e. The lowest BCUT2D eigenvalue weighted by atomic mass is 10.2. The van der Waals surface area contributed by atoms with E-state index in [-0.39, 0.29) is 0 Å². The van der Waals surface area contributed by atoms with E-state index in [0.29, 0.717) is 17.9 Å². The third kappa shape index (κ3) is 10.6. The summed E-state index contributed by atoms with van der Waals surface area (Å²) in [5.74, 6) is 1.22. The van der Waals surface area contributed by atoms with E-state index in [0.717, 1.165) is 13.0 Å². The zero-order chi connectivity index (χ0) is 11.5. The molecule has 0 fully saturated rings. The summed E-state index contributed by atoms with van der Waals surface area (Å²) in [6, 6.07) is 0.652. The number of hydrogen-bond donors (Lipinski definition) is 2. The second-order valence-electron chi connectivity index (χ2n) is 4.19. The Labute approximate surface area is 99.2 Å². The van der Waals surface area contributed by atoms with Crippen LogP contribution in [0.2, 0.25) is 0 Å². The van der Waals surface area contributed by atoms with Crippen LogP contribution in [0.25, 0.3) is 0 Å². The van der Waals surface area contributed by atoms with Crippen LogP contribution in [0.5, 0.6) is 0 Å². The minimum Gasteiger partial charge on any atom is -0.396 e. The van der Waals surface area contributed by atoms with Crippen LogP contribution in [0.4, 0.5) is 0 Å². The smallest absolute Gasteiger partial charge is 0.0441 e. The Balaban J connectivity index is 3.22. The van der Waals surface area contributed by atoms with Gasteiger partial charge in [0.1, 0.15) is 0 Å². The van der Waals surface area contributed by atoms with E-state index in [2.05, 4.69) is 26.1 Å². The number of hydrogen-bond acceptors (Lipinski definition) is 3. The lowest BCUT2D eigenvalue weighted by Crippen LogP contribution is -2.26. The van der Waals surface area contributed by atoms with Crippen molar-refractivity contribution in [3.05, 3.63) is 0 Å². The molecule has 0 aliphatic rings. The van der Waals surface area contributed by atoms with Gasteiger partial charge in [0.2, 0.25) is 0 Å². The molecular weight excluding hydrogens is 206 g/mol. The highest BCUT2D eigenvalue weighted by Gasteiger charge is 2.03. The van der Waals surface area contributed by atoms with Gasteiger partial charge in [0, 0.05) is 17.9 Å². The standard InChI is InChI=1S/C12H27NOS/c1-4-8-13-11(2)6-5-10-15-12(3)7-9-14/h11-14H,4-10H2,1-3H3. The molecule has 0 spiro atoms. The lowest BCUT2D eigenvalue weighted by Gasteiger charge is -2.14. The molecule has 0 rings (SSSR count). The predicted octanol–water partition coefficient (Wildman–Crippen LogP) is 2.66. The molecule has 0 aromatic rings. The predicted molar refractivity (Wildman–Crippen MR) is 70.6 cm³/mol. The molecule has 0 amide bonds. The van der Waals surface area contributed by atoms with Crippen LogP contribution in [-0.2, 0) is 0 Å². The summed E-state index contributed by atoms with van der Waals surface area (Å²) in [5.41, 5.74) is 0. The maximum absolute atomic E-state index is 8.76. The molecule has 2 nitrogen and oxygen atoms in total. The first-order valence-corrected chi connectivity index (χ1v) is 7.21. The summed E-state index contributed by atoms with van der Waals surface area (Å²) in [5, 5.41) is 12.9. The second kappa shape index (κ2) is 10.8. The Morgan fingerprint density at radius 3 is 2.60 bits per heavy atom. The molecule has 0 aromatic heterocycles. The molecule has 3 heteroatoms. The van der Waals surface area contributed by atoms with Gasteiger partial charge in [-0.3, -0.25) is 0 Å². The van der Waals surface area contributed by atoms with Crippen molar-refractivity contribution in [2.24, 2.45) is 0 Å². The van der Waals surface area contributed by atoms with Gasteiger partial charge in [-0.1, -0.05) is 13.8 Å². The summed E-state index contributed by atoms with van der Waals surface area (Å²) in [6.45, 7) is 8.11. The van der Waals surface area contributed by atoms with Crippen LogP contribution in [0, 0.1) is 0 Å². The van der Waals surface area contributed by atoms with Gasteiger partial charge in [-0.2, -0.15) is 11.8 Å². The van der Waals surface area contributed by atoms with E-state index in [1.807, 2.05) is 11.8 Å². The first kappa shape index (κ1) is 15.3. The molecule has 2 unspecified atom stereocenters. The molecule has 2 atom stereocenters. The number of rotatable bonds is 10. The average Bonchev–Trinajstić information content (AvgIpc) is 2.22. The van der Waals surface area contributed by atoms with Crippen molar-refractivity contribution in [1.29, 1.82) is 0 Å². The van der Waals surface area contributed by atoms with Gasteiger partial charge in [0.15, 0.2) is 0 Å². The van der Waals surface area contributed by atoms with E-state index >= 15 is 0 Å². The van der Waals surface area contributed by atoms with E-state index < -0.39 is 0 Å². The van der Waals surface area contributed by atoms with Crippen molar-refractivity contribution in [3.8, 4) is 0 Å². The minimum absolute atomic E-state index is 0.322. The quantitative estimate of drug-likeness (QED) is 0.569. The Hall–Kier alpha value is 0.270. The van der Waals surface area contributed by atoms with Crippen LogP contribution in [0.1, 0.15) is 46.5 Å². The Bertz CT molecular complexity index is 133. The van der Waals surface area contributed by atoms with E-state index in [9.17, 15) is 0 Å². The SMILES string of the molecule is CCCNC(C)CCCSC(C)CCO. The van der Waals surface area contributed by atoms with Crippen LogP contribution in [0.15, 0.2) is 0 Å². The zero-order valence-electron chi connectivity index (χ0n) is 10.5. The highest BCUT2D eigenvalue weighted by Crippen LogP contribution is 2.15. The summed E-state index contributed by atoms with van der Waals surface area (Å²) < 4.78 is 0. The summed E-state index contributed by atoms with van der Waals surface area (Å²) in [4.78, 5) is 0. The molecule has 0 saturated heterocycles. The van der Waals surface area contributed by atoms with Crippen LogP contribution in [0.3, 0.4) is 0 Å². The fourth-order valence-electron chi connectivity index (χ4n) is 1.43. The molecule has 0 heterocycles. The van der Waals surface area contributed by atoms with Crippen molar-refractivity contribution in [2.45, 2.75) is 57.7 Å². The van der Waals surface area contributed by atoms with Gasteiger partial charge in [0.25, 0.3) is 0 Å². The number of aliphatic hydroxyl groups is 1. The van der Waals surface area contributed by atoms with Crippen molar-refractivity contribution in [2.75, 3.05) is 18.9 Å². The first-order valence-electron chi connectivity index (χ1n) is 6.16. The van der Waals surface area contributed by atoms with E-state index in [1.54, 1.807) is 0 Å². The average molecular weight is 233 g/mol. The monoisotopic (exact) mass is 233 g/mol. The fourth-order valence-corrected chi connectivity index (χ4v) is 2.44. The molecule has 15 heavy (non-hydrogen) atoms. The summed E-state index contributed by atoms with van der Waals surface area (Å²) in [6.07, 6.45) is 4.68. The molecule has 0 aliphatic heterocycles. The summed E-state index contributed by atoms with van der Waals surface area (Å²) in [7, 11) is 0. The van der Waals surface area contributed by atoms with Crippen LogP contribution in [-0.4, -0.2) is 35.3 Å². The molecule has 0 bridgehead atoms. The van der Waals surface area contributed by atoms with Crippen molar-refractivity contribution in [3.63, 3.8) is 0 Å². The van der Waals surface area contributed by atoms with Crippen molar-refractivity contribution in [1.82, 2.24) is 5.32 Å². The van der Waals surface area contributed by atoms with Gasteiger partial charge < -0.3 is 10.4 Å². The van der Waals surface area contributed by atoms with Gasteiger partial charge in [-0.15, -0.1) is 0 Å². The van der Waals surface area contributed by atoms with Crippen molar-refractivity contribution >= 4 is 11.8 Å². The van der Waals surface area contributed by atoms with E-state index in [1.165, 1.54) is 25.0 Å². The summed E-state index contributed by atoms with van der Waals surface area (Å²) >= 11 is 1.98. The number of aliphatic hydroxyl groups excluding tert-OH is 1. The minimum atomic E-state index is 0.322. The Morgan fingerprint density at radius 1 is 1.27 bits per heavy atom. The maximum atomic E-state index is 8.76. The molecule has 0 aliphatic carbocycles. The topological polar surface area (TPSA) is 32.3 Å². The van der Waals surface area contributed by atoms with Gasteiger partial charge in [0.05, 0.1) is 0 Å². The molecule has 0 radical (unpaired) electrons.